The molecule has 0 aliphatic heterocycles. The van der Waals surface area contributed by atoms with Gasteiger partial charge >= 0.3 is 0 Å². The SMILES string of the molecule is CCN(CC)c1ccc(Nc2ccc(NC(=O)C3CCC3)cn2)cc1. The Labute approximate surface area is 149 Å². The average molecular weight is 338 g/mol. The van der Waals surface area contributed by atoms with E-state index in [1.807, 2.05) is 12.1 Å². The van der Waals surface area contributed by atoms with Gasteiger partial charge in [0.2, 0.25) is 5.91 Å². The first kappa shape index (κ1) is 17.3. The molecule has 1 fully saturated rings. The van der Waals surface area contributed by atoms with Crippen LogP contribution >= 0.6 is 0 Å². The molecule has 0 atom stereocenters. The summed E-state index contributed by atoms with van der Waals surface area (Å²) < 4.78 is 0. The van der Waals surface area contributed by atoms with Crippen molar-refractivity contribution in [2.75, 3.05) is 28.6 Å². The number of carbonyl (C=O) groups is 1. The summed E-state index contributed by atoms with van der Waals surface area (Å²) in [6.07, 6.45) is 4.86. The van der Waals surface area contributed by atoms with Gasteiger partial charge in [-0.2, -0.15) is 0 Å². The van der Waals surface area contributed by atoms with E-state index in [2.05, 4.69) is 58.6 Å². The maximum Gasteiger partial charge on any atom is 0.227 e. The molecule has 2 N–H and O–H groups in total. The highest BCUT2D eigenvalue weighted by atomic mass is 16.1. The van der Waals surface area contributed by atoms with Crippen LogP contribution in [0, 0.1) is 5.92 Å². The molecule has 1 heterocycles. The third-order valence-electron chi connectivity index (χ3n) is 4.78. The van der Waals surface area contributed by atoms with Gasteiger partial charge < -0.3 is 15.5 Å². The lowest BCUT2D eigenvalue weighted by Gasteiger charge is -2.23. The predicted molar refractivity (Wildman–Crippen MR) is 103 cm³/mol. The number of nitrogens with zero attached hydrogens (tertiary/aromatic N) is 2. The number of amides is 1. The Hall–Kier alpha value is -2.56. The molecule has 0 saturated heterocycles. The second-order valence-electron chi connectivity index (χ2n) is 6.39. The summed E-state index contributed by atoms with van der Waals surface area (Å²) in [7, 11) is 0. The van der Waals surface area contributed by atoms with Crippen molar-refractivity contribution < 1.29 is 4.79 Å². The van der Waals surface area contributed by atoms with Crippen LogP contribution in [-0.2, 0) is 4.79 Å². The molecule has 0 bridgehead atoms. The molecule has 1 aliphatic carbocycles. The van der Waals surface area contributed by atoms with E-state index in [1.165, 1.54) is 5.69 Å². The van der Waals surface area contributed by atoms with E-state index in [1.54, 1.807) is 6.20 Å². The first-order valence-corrected chi connectivity index (χ1v) is 9.08. The van der Waals surface area contributed by atoms with Gasteiger partial charge in [0.25, 0.3) is 0 Å². The number of anilines is 4. The fourth-order valence-corrected chi connectivity index (χ4v) is 2.95. The van der Waals surface area contributed by atoms with Crippen molar-refractivity contribution in [3.8, 4) is 0 Å². The predicted octanol–water partition coefficient (Wildman–Crippen LogP) is 4.41. The van der Waals surface area contributed by atoms with Crippen molar-refractivity contribution in [1.29, 1.82) is 0 Å². The lowest BCUT2D eigenvalue weighted by atomic mass is 9.85. The average Bonchev–Trinajstić information content (AvgIpc) is 2.57. The zero-order chi connectivity index (χ0) is 17.6. The zero-order valence-corrected chi connectivity index (χ0v) is 15.0. The third-order valence-corrected chi connectivity index (χ3v) is 4.78. The molecule has 1 aliphatic rings. The van der Waals surface area contributed by atoms with Gasteiger partial charge in [0.15, 0.2) is 0 Å². The largest absolute Gasteiger partial charge is 0.372 e. The Morgan fingerprint density at radius 3 is 2.28 bits per heavy atom. The Morgan fingerprint density at radius 2 is 1.76 bits per heavy atom. The molecule has 3 rings (SSSR count). The van der Waals surface area contributed by atoms with Gasteiger partial charge in [0, 0.05) is 30.4 Å². The monoisotopic (exact) mass is 338 g/mol. The lowest BCUT2D eigenvalue weighted by Crippen LogP contribution is -2.28. The lowest BCUT2D eigenvalue weighted by molar-refractivity contribution is -0.122. The first-order valence-electron chi connectivity index (χ1n) is 9.08. The molecule has 132 valence electrons. The molecule has 5 nitrogen and oxygen atoms in total. The topological polar surface area (TPSA) is 57.3 Å². The zero-order valence-electron chi connectivity index (χ0n) is 15.0. The second-order valence-corrected chi connectivity index (χ2v) is 6.39. The fraction of sp³-hybridized carbons (Fsp3) is 0.400. The number of hydrogen-bond donors (Lipinski definition) is 2. The summed E-state index contributed by atoms with van der Waals surface area (Å²) in [4.78, 5) is 18.6. The van der Waals surface area contributed by atoms with E-state index in [0.717, 1.165) is 49.5 Å². The molecule has 0 radical (unpaired) electrons. The summed E-state index contributed by atoms with van der Waals surface area (Å²) >= 11 is 0. The van der Waals surface area contributed by atoms with Gasteiger partial charge in [-0.1, -0.05) is 6.42 Å². The van der Waals surface area contributed by atoms with E-state index in [-0.39, 0.29) is 11.8 Å². The molecule has 1 amide bonds. The maximum atomic E-state index is 11.9. The molecule has 0 spiro atoms. The Balaban J connectivity index is 1.58. The number of nitrogens with one attached hydrogen (secondary N) is 2. The van der Waals surface area contributed by atoms with E-state index >= 15 is 0 Å². The Kier molecular flexibility index (Phi) is 5.53. The van der Waals surface area contributed by atoms with Crippen LogP contribution in [0.5, 0.6) is 0 Å². The highest BCUT2D eigenvalue weighted by molar-refractivity contribution is 5.92. The minimum atomic E-state index is 0.112. The molecule has 0 unspecified atom stereocenters. The van der Waals surface area contributed by atoms with Crippen LogP contribution in [0.2, 0.25) is 0 Å². The van der Waals surface area contributed by atoms with Crippen molar-refractivity contribution in [2.45, 2.75) is 33.1 Å². The van der Waals surface area contributed by atoms with Gasteiger partial charge in [-0.25, -0.2) is 4.98 Å². The molecule has 1 aromatic heterocycles. The van der Waals surface area contributed by atoms with Gasteiger partial charge in [-0.15, -0.1) is 0 Å². The standard InChI is InChI=1S/C20H26N4O/c1-3-24(4-2)18-11-8-16(9-12-18)22-19-13-10-17(14-21-19)23-20(25)15-6-5-7-15/h8-15H,3-7H2,1-2H3,(H,21,22)(H,23,25). The Bertz CT molecular complexity index is 689. The van der Waals surface area contributed by atoms with Crippen molar-refractivity contribution in [1.82, 2.24) is 4.98 Å². The van der Waals surface area contributed by atoms with Gasteiger partial charge in [0.05, 0.1) is 11.9 Å². The summed E-state index contributed by atoms with van der Waals surface area (Å²) in [5.74, 6) is 1.06. The van der Waals surface area contributed by atoms with Crippen LogP contribution in [0.3, 0.4) is 0 Å². The minimum absolute atomic E-state index is 0.112. The summed E-state index contributed by atoms with van der Waals surface area (Å²) in [6.45, 7) is 6.31. The summed E-state index contributed by atoms with van der Waals surface area (Å²) in [6, 6.07) is 12.1. The maximum absolute atomic E-state index is 11.9. The summed E-state index contributed by atoms with van der Waals surface area (Å²) in [5, 5.41) is 6.22. The Morgan fingerprint density at radius 1 is 1.08 bits per heavy atom. The van der Waals surface area contributed by atoms with Gasteiger partial charge in [0.1, 0.15) is 5.82 Å². The van der Waals surface area contributed by atoms with Crippen molar-refractivity contribution >= 4 is 28.8 Å². The number of carbonyl (C=O) groups excluding carboxylic acids is 1. The van der Waals surface area contributed by atoms with Crippen LogP contribution in [0.25, 0.3) is 0 Å². The molecule has 2 aromatic rings. The number of pyridine rings is 1. The van der Waals surface area contributed by atoms with Crippen LogP contribution in [0.15, 0.2) is 42.6 Å². The normalized spacial score (nSPS) is 13.8. The van der Waals surface area contributed by atoms with Crippen LogP contribution in [0.1, 0.15) is 33.1 Å². The number of benzene rings is 1. The third kappa shape index (κ3) is 4.29. The number of rotatable bonds is 7. The van der Waals surface area contributed by atoms with E-state index in [9.17, 15) is 4.79 Å². The molecular formula is C20H26N4O. The molecule has 1 saturated carbocycles. The van der Waals surface area contributed by atoms with Crippen molar-refractivity contribution in [3.05, 3.63) is 42.6 Å². The van der Waals surface area contributed by atoms with Crippen LogP contribution < -0.4 is 15.5 Å². The molecule has 5 heteroatoms. The van der Waals surface area contributed by atoms with Gasteiger partial charge in [-0.05, 0) is 63.1 Å². The molecular weight excluding hydrogens is 312 g/mol. The first-order chi connectivity index (χ1) is 12.2. The minimum Gasteiger partial charge on any atom is -0.372 e. The molecule has 25 heavy (non-hydrogen) atoms. The van der Waals surface area contributed by atoms with Crippen molar-refractivity contribution in [2.24, 2.45) is 5.92 Å². The second kappa shape index (κ2) is 8.01. The highest BCUT2D eigenvalue weighted by Gasteiger charge is 2.25. The van der Waals surface area contributed by atoms with Crippen molar-refractivity contribution in [3.63, 3.8) is 0 Å². The van der Waals surface area contributed by atoms with Crippen LogP contribution in [-0.4, -0.2) is 24.0 Å². The number of aromatic nitrogens is 1. The fourth-order valence-electron chi connectivity index (χ4n) is 2.95. The molecule has 1 aromatic carbocycles. The van der Waals surface area contributed by atoms with E-state index < -0.39 is 0 Å². The number of hydrogen-bond acceptors (Lipinski definition) is 4. The van der Waals surface area contributed by atoms with E-state index in [4.69, 9.17) is 0 Å². The summed E-state index contributed by atoms with van der Waals surface area (Å²) in [5.41, 5.74) is 2.96. The smallest absolute Gasteiger partial charge is 0.227 e. The van der Waals surface area contributed by atoms with Gasteiger partial charge in [-0.3, -0.25) is 4.79 Å². The quantitative estimate of drug-likeness (QED) is 0.785. The van der Waals surface area contributed by atoms with E-state index in [0.29, 0.717) is 0 Å². The highest BCUT2D eigenvalue weighted by Crippen LogP contribution is 2.27. The van der Waals surface area contributed by atoms with Crippen LogP contribution in [0.4, 0.5) is 22.9 Å².